The van der Waals surface area contributed by atoms with Crippen molar-refractivity contribution >= 4 is 5.91 Å². The van der Waals surface area contributed by atoms with E-state index in [0.717, 1.165) is 0 Å². The Bertz CT molecular complexity index is 520. The molecule has 21 heavy (non-hydrogen) atoms. The predicted octanol–water partition coefficient (Wildman–Crippen LogP) is -0.669. The van der Waals surface area contributed by atoms with Gasteiger partial charge in [0.1, 0.15) is 12.2 Å². The molecular formula is C14H17NO6. The third-order valence-electron chi connectivity index (χ3n) is 3.35. The summed E-state index contributed by atoms with van der Waals surface area (Å²) >= 11 is 0. The van der Waals surface area contributed by atoms with Crippen LogP contribution in [0.15, 0.2) is 18.2 Å². The molecule has 1 aromatic carbocycles. The van der Waals surface area contributed by atoms with Crippen LogP contribution in [0, 0.1) is 6.92 Å². The van der Waals surface area contributed by atoms with Crippen molar-refractivity contribution in [2.45, 2.75) is 24.4 Å². The van der Waals surface area contributed by atoms with Gasteiger partial charge in [-0.1, -0.05) is 0 Å². The molecule has 7 heteroatoms. The number of ether oxygens (including phenoxy) is 2. The molecule has 0 saturated carbocycles. The van der Waals surface area contributed by atoms with Gasteiger partial charge in [-0.15, -0.1) is 0 Å². The highest BCUT2D eigenvalue weighted by Crippen LogP contribution is 2.27. The first kappa shape index (κ1) is 15.6. The predicted molar refractivity (Wildman–Crippen MR) is 72.0 cm³/mol. The molecule has 0 aromatic heterocycles. The minimum absolute atomic E-state index is 0.175. The Morgan fingerprint density at radius 3 is 2.76 bits per heavy atom. The molecule has 1 fully saturated rings. The van der Waals surface area contributed by atoms with E-state index < -0.39 is 36.9 Å². The fraction of sp³-hybridized carbons (Fsp3) is 0.429. The monoisotopic (exact) mass is 295 g/mol. The first-order valence-corrected chi connectivity index (χ1v) is 6.35. The van der Waals surface area contributed by atoms with E-state index in [1.54, 1.807) is 0 Å². The summed E-state index contributed by atoms with van der Waals surface area (Å²) in [5.74, 6) is -0.464. The molecule has 1 aliphatic heterocycles. The van der Waals surface area contributed by atoms with Crippen LogP contribution >= 0.6 is 0 Å². The van der Waals surface area contributed by atoms with Crippen LogP contribution in [0.3, 0.4) is 0 Å². The zero-order valence-corrected chi connectivity index (χ0v) is 11.4. The number of methoxy groups -OCH3 is 1. The highest BCUT2D eigenvalue weighted by atomic mass is 16.5. The van der Waals surface area contributed by atoms with E-state index in [0.29, 0.717) is 0 Å². The second-order valence-electron chi connectivity index (χ2n) is 4.70. The molecule has 1 aromatic rings. The van der Waals surface area contributed by atoms with Crippen molar-refractivity contribution < 1.29 is 29.6 Å². The Labute approximate surface area is 122 Å². The summed E-state index contributed by atoms with van der Waals surface area (Å²) in [4.78, 5) is 12.1. The van der Waals surface area contributed by atoms with Crippen molar-refractivity contribution in [1.82, 2.24) is 5.32 Å². The number of aromatic hydroxyl groups is 1. The summed E-state index contributed by atoms with van der Waals surface area (Å²) in [5.41, 5.74) is 0.181. The molecule has 1 aliphatic rings. The molecule has 4 N–H and O–H groups in total. The Morgan fingerprint density at radius 1 is 1.52 bits per heavy atom. The van der Waals surface area contributed by atoms with Crippen LogP contribution < -0.4 is 10.1 Å². The topological polar surface area (TPSA) is 108 Å². The average Bonchev–Trinajstić information content (AvgIpc) is 2.74. The van der Waals surface area contributed by atoms with E-state index >= 15 is 0 Å². The number of carbonyl (C=O) groups is 1. The number of aliphatic hydroxyl groups excluding tert-OH is 2. The number of aliphatic hydroxyl groups is 2. The second kappa shape index (κ2) is 6.30. The maximum absolute atomic E-state index is 12.1. The molecule has 1 saturated heterocycles. The van der Waals surface area contributed by atoms with Gasteiger partial charge in [0, 0.05) is 5.56 Å². The second-order valence-corrected chi connectivity index (χ2v) is 4.70. The van der Waals surface area contributed by atoms with Crippen molar-refractivity contribution in [3.05, 3.63) is 30.7 Å². The van der Waals surface area contributed by atoms with Gasteiger partial charge in [-0.3, -0.25) is 4.79 Å². The van der Waals surface area contributed by atoms with Gasteiger partial charge in [-0.25, -0.2) is 0 Å². The maximum atomic E-state index is 12.1. The molecule has 114 valence electrons. The fourth-order valence-corrected chi connectivity index (χ4v) is 2.18. The third kappa shape index (κ3) is 3.10. The Kier molecular flexibility index (Phi) is 4.66. The van der Waals surface area contributed by atoms with E-state index in [2.05, 4.69) is 5.32 Å². The zero-order chi connectivity index (χ0) is 15.6. The number of rotatable bonds is 4. The van der Waals surface area contributed by atoms with Gasteiger partial charge in [0.05, 0.1) is 25.9 Å². The van der Waals surface area contributed by atoms with Crippen molar-refractivity contribution in [2.75, 3.05) is 13.7 Å². The molecule has 2 radical (unpaired) electrons. The van der Waals surface area contributed by atoms with Crippen LogP contribution in [0.5, 0.6) is 11.5 Å². The Balaban J connectivity index is 2.09. The van der Waals surface area contributed by atoms with Gasteiger partial charge in [-0.05, 0) is 25.1 Å². The Hall–Kier alpha value is -1.83. The number of phenols is 1. The number of amides is 1. The summed E-state index contributed by atoms with van der Waals surface area (Å²) in [6.07, 6.45) is -2.87. The molecule has 0 spiro atoms. The number of benzene rings is 1. The molecule has 4 atom stereocenters. The van der Waals surface area contributed by atoms with Crippen LogP contribution in [-0.2, 0) is 4.74 Å². The molecular weight excluding hydrogens is 278 g/mol. The fourth-order valence-electron chi connectivity index (χ4n) is 2.18. The van der Waals surface area contributed by atoms with E-state index in [1.807, 2.05) is 0 Å². The van der Waals surface area contributed by atoms with E-state index in [1.165, 1.54) is 25.3 Å². The number of phenolic OH excluding ortho intramolecular Hbond substituents is 1. The average molecular weight is 295 g/mol. The molecule has 0 aliphatic carbocycles. The molecule has 2 rings (SSSR count). The van der Waals surface area contributed by atoms with Crippen molar-refractivity contribution in [3.63, 3.8) is 0 Å². The van der Waals surface area contributed by atoms with E-state index in [9.17, 15) is 15.0 Å². The standard InChI is InChI=1S/C14H17NO6/c1-7-12(13(18)11(6-16)21-7)15-14(19)8-3-4-10(20-2)9(17)5-8/h1,3-5,7,11-13,16-18H,6H2,2H3,(H,15,19)/t7-,11+,12?,13-/m0/s1. The summed E-state index contributed by atoms with van der Waals surface area (Å²) in [6, 6.07) is 3.30. The minimum atomic E-state index is -1.11. The highest BCUT2D eigenvalue weighted by Gasteiger charge is 2.42. The number of hydrogen-bond acceptors (Lipinski definition) is 6. The van der Waals surface area contributed by atoms with Crippen molar-refractivity contribution in [1.29, 1.82) is 0 Å². The summed E-state index contributed by atoms with van der Waals surface area (Å²) < 4.78 is 10.0. The van der Waals surface area contributed by atoms with Crippen LogP contribution in [-0.4, -0.2) is 59.3 Å². The van der Waals surface area contributed by atoms with Crippen LogP contribution in [0.1, 0.15) is 10.4 Å². The zero-order valence-electron chi connectivity index (χ0n) is 11.4. The van der Waals surface area contributed by atoms with E-state index in [4.69, 9.17) is 21.5 Å². The van der Waals surface area contributed by atoms with Gasteiger partial charge in [0.15, 0.2) is 11.5 Å². The smallest absolute Gasteiger partial charge is 0.251 e. The Morgan fingerprint density at radius 2 is 2.24 bits per heavy atom. The quantitative estimate of drug-likeness (QED) is 0.587. The SMILES string of the molecule is [CH][C@@H]1O[C@H](CO)[C@H](O)C1NC(=O)c1ccc(OC)c(O)c1. The largest absolute Gasteiger partial charge is 0.504 e. The highest BCUT2D eigenvalue weighted by molar-refractivity contribution is 5.95. The maximum Gasteiger partial charge on any atom is 0.251 e. The van der Waals surface area contributed by atoms with Crippen LogP contribution in [0.25, 0.3) is 0 Å². The number of hydrogen-bond donors (Lipinski definition) is 4. The molecule has 0 bridgehead atoms. The molecule has 1 unspecified atom stereocenters. The van der Waals surface area contributed by atoms with Crippen molar-refractivity contribution in [2.24, 2.45) is 0 Å². The van der Waals surface area contributed by atoms with Crippen LogP contribution in [0.2, 0.25) is 0 Å². The first-order valence-electron chi connectivity index (χ1n) is 6.35. The van der Waals surface area contributed by atoms with Gasteiger partial charge in [-0.2, -0.15) is 0 Å². The summed E-state index contributed by atoms with van der Waals surface area (Å²) in [5, 5.41) is 31.1. The van der Waals surface area contributed by atoms with Crippen LogP contribution in [0.4, 0.5) is 0 Å². The third-order valence-corrected chi connectivity index (χ3v) is 3.35. The summed E-state index contributed by atoms with van der Waals surface area (Å²) in [6.45, 7) is 5.26. The van der Waals surface area contributed by atoms with Gasteiger partial charge >= 0.3 is 0 Å². The first-order chi connectivity index (χ1) is 9.97. The van der Waals surface area contributed by atoms with Gasteiger partial charge in [0.2, 0.25) is 0 Å². The summed E-state index contributed by atoms with van der Waals surface area (Å²) in [7, 11) is 1.40. The minimum Gasteiger partial charge on any atom is -0.504 e. The lowest BCUT2D eigenvalue weighted by atomic mass is 10.0. The lowest BCUT2D eigenvalue weighted by molar-refractivity contribution is -0.0114. The van der Waals surface area contributed by atoms with Gasteiger partial charge < -0.3 is 30.1 Å². The lowest BCUT2D eigenvalue weighted by Gasteiger charge is -2.19. The van der Waals surface area contributed by atoms with Gasteiger partial charge in [0.25, 0.3) is 5.91 Å². The number of nitrogens with one attached hydrogen (secondary N) is 1. The normalized spacial score (nSPS) is 28.4. The molecule has 7 nitrogen and oxygen atoms in total. The lowest BCUT2D eigenvalue weighted by Crippen LogP contribution is -2.47. The van der Waals surface area contributed by atoms with E-state index in [-0.39, 0.29) is 17.1 Å². The van der Waals surface area contributed by atoms with Crippen molar-refractivity contribution in [3.8, 4) is 11.5 Å². The molecule has 1 heterocycles. The number of carbonyl (C=O) groups excluding carboxylic acids is 1. The molecule has 1 amide bonds.